The molecule has 146 valence electrons. The number of carbonyl (C=O) groups is 1. The van der Waals surface area contributed by atoms with Crippen molar-refractivity contribution in [2.45, 2.75) is 62.9 Å². The Balaban J connectivity index is 2.24. The summed E-state index contributed by atoms with van der Waals surface area (Å²) in [6, 6.07) is 6.15. The van der Waals surface area contributed by atoms with E-state index < -0.39 is 5.69 Å². The molecule has 7 heteroatoms. The van der Waals surface area contributed by atoms with Crippen LogP contribution >= 0.6 is 11.8 Å². The summed E-state index contributed by atoms with van der Waals surface area (Å²) < 4.78 is 5.82. The van der Waals surface area contributed by atoms with E-state index in [2.05, 4.69) is 15.8 Å². The Bertz CT molecular complexity index is 910. The molecule has 1 aromatic carbocycles. The van der Waals surface area contributed by atoms with Crippen LogP contribution in [0.25, 0.3) is 0 Å². The molecule has 0 saturated heterocycles. The Hall–Kier alpha value is -2.28. The van der Waals surface area contributed by atoms with Gasteiger partial charge in [-0.1, -0.05) is 24.8 Å². The number of H-pyrrole nitrogens is 1. The zero-order valence-corrected chi connectivity index (χ0v) is 17.1. The third kappa shape index (κ3) is 5.60. The summed E-state index contributed by atoms with van der Waals surface area (Å²) in [5.41, 5.74) is 2.20. The summed E-state index contributed by atoms with van der Waals surface area (Å²) in [5, 5.41) is 0.600. The van der Waals surface area contributed by atoms with E-state index in [4.69, 9.17) is 0 Å². The van der Waals surface area contributed by atoms with Crippen molar-refractivity contribution in [1.82, 2.24) is 9.55 Å². The quantitative estimate of drug-likeness (QED) is 0.425. The van der Waals surface area contributed by atoms with Crippen molar-refractivity contribution in [1.29, 1.82) is 0 Å². The van der Waals surface area contributed by atoms with E-state index in [1.54, 1.807) is 0 Å². The first-order valence-corrected chi connectivity index (χ1v) is 9.86. The van der Waals surface area contributed by atoms with Crippen molar-refractivity contribution in [2.75, 3.05) is 7.11 Å². The average Bonchev–Trinajstić information content (AvgIpc) is 2.59. The molecule has 0 amide bonds. The monoisotopic (exact) mass is 390 g/mol. The number of hydrogen-bond acceptors (Lipinski definition) is 5. The van der Waals surface area contributed by atoms with Crippen LogP contribution < -0.4 is 11.2 Å². The van der Waals surface area contributed by atoms with Gasteiger partial charge in [-0.3, -0.25) is 14.2 Å². The molecule has 27 heavy (non-hydrogen) atoms. The zero-order valence-electron chi connectivity index (χ0n) is 16.3. The number of nitrogens with zero attached hydrogens (tertiary/aromatic N) is 1. The van der Waals surface area contributed by atoms with Crippen LogP contribution in [0.4, 0.5) is 0 Å². The summed E-state index contributed by atoms with van der Waals surface area (Å²) in [4.78, 5) is 40.2. The summed E-state index contributed by atoms with van der Waals surface area (Å²) in [6.45, 7) is 6.23. The number of methoxy groups -OCH3 is 1. The number of nitrogens with one attached hydrogen (secondary N) is 1. The molecular formula is C20H26N2O4S. The van der Waals surface area contributed by atoms with Crippen LogP contribution in [0.5, 0.6) is 0 Å². The fourth-order valence-corrected chi connectivity index (χ4v) is 4.16. The molecule has 1 N–H and O–H groups in total. The lowest BCUT2D eigenvalue weighted by molar-refractivity contribution is -0.140. The standard InChI is InChI=1S/C20H26N2O4S/c1-5-16-18(27-15-11-13(2)10-14(3)12-15)21-20(25)22(19(16)24)9-7-6-8-17(23)26-4/h10-12H,5-9H2,1-4H3,(H,21,25). The molecule has 0 unspecified atom stereocenters. The molecule has 0 saturated carbocycles. The topological polar surface area (TPSA) is 81.2 Å². The fraction of sp³-hybridized carbons (Fsp3) is 0.450. The van der Waals surface area contributed by atoms with Gasteiger partial charge in [-0.25, -0.2) is 4.79 Å². The number of aryl methyl sites for hydroxylation is 2. The third-order valence-corrected chi connectivity index (χ3v) is 5.28. The van der Waals surface area contributed by atoms with Crippen molar-refractivity contribution >= 4 is 17.7 Å². The normalized spacial score (nSPS) is 10.8. The van der Waals surface area contributed by atoms with Gasteiger partial charge in [-0.05, 0) is 56.4 Å². The highest BCUT2D eigenvalue weighted by atomic mass is 32.2. The maximum absolute atomic E-state index is 12.8. The van der Waals surface area contributed by atoms with Crippen LogP contribution in [0, 0.1) is 13.8 Å². The molecule has 0 radical (unpaired) electrons. The second-order valence-corrected chi connectivity index (χ2v) is 7.59. The van der Waals surface area contributed by atoms with Gasteiger partial charge in [0.05, 0.1) is 12.1 Å². The molecule has 2 rings (SSSR count). The molecule has 1 aromatic heterocycles. The number of rotatable bonds is 8. The van der Waals surface area contributed by atoms with Gasteiger partial charge in [0.2, 0.25) is 0 Å². The lowest BCUT2D eigenvalue weighted by Crippen LogP contribution is -2.37. The maximum atomic E-state index is 12.8. The van der Waals surface area contributed by atoms with E-state index in [1.165, 1.54) is 23.4 Å². The van der Waals surface area contributed by atoms with E-state index in [9.17, 15) is 14.4 Å². The van der Waals surface area contributed by atoms with E-state index in [0.29, 0.717) is 29.9 Å². The fourth-order valence-electron chi connectivity index (χ4n) is 2.95. The van der Waals surface area contributed by atoms with Crippen LogP contribution in [-0.4, -0.2) is 22.6 Å². The Kier molecular flexibility index (Phi) is 7.47. The lowest BCUT2D eigenvalue weighted by Gasteiger charge is -2.12. The second kappa shape index (κ2) is 9.60. The van der Waals surface area contributed by atoms with Crippen LogP contribution in [0.1, 0.15) is 42.9 Å². The minimum Gasteiger partial charge on any atom is -0.469 e. The second-order valence-electron chi connectivity index (χ2n) is 6.51. The zero-order chi connectivity index (χ0) is 20.0. The van der Waals surface area contributed by atoms with Crippen LogP contribution in [0.15, 0.2) is 37.7 Å². The smallest absolute Gasteiger partial charge is 0.329 e. The highest BCUT2D eigenvalue weighted by Crippen LogP contribution is 2.28. The summed E-state index contributed by atoms with van der Waals surface area (Å²) in [5.74, 6) is -0.286. The number of carbonyl (C=O) groups excluding carboxylic acids is 1. The molecular weight excluding hydrogens is 364 g/mol. The van der Waals surface area contributed by atoms with Crippen LogP contribution in [0.3, 0.4) is 0 Å². The van der Waals surface area contributed by atoms with Crippen molar-refractivity contribution in [2.24, 2.45) is 0 Å². The van der Waals surface area contributed by atoms with Gasteiger partial charge >= 0.3 is 11.7 Å². The molecule has 6 nitrogen and oxygen atoms in total. The molecule has 0 aliphatic heterocycles. The Morgan fingerprint density at radius 3 is 2.41 bits per heavy atom. The molecule has 2 aromatic rings. The predicted octanol–water partition coefficient (Wildman–Crippen LogP) is 3.21. The molecule has 1 heterocycles. The minimum atomic E-state index is -0.415. The average molecular weight is 391 g/mol. The number of aromatic nitrogens is 2. The number of ether oxygens (including phenoxy) is 1. The van der Waals surface area contributed by atoms with Gasteiger partial charge in [0.25, 0.3) is 5.56 Å². The first kappa shape index (κ1) is 21.0. The SMILES string of the molecule is CCc1c(Sc2cc(C)cc(C)c2)[nH]c(=O)n(CCCCC(=O)OC)c1=O. The molecule has 0 fully saturated rings. The van der Waals surface area contributed by atoms with Crippen molar-refractivity contribution in [3.8, 4) is 0 Å². The highest BCUT2D eigenvalue weighted by Gasteiger charge is 2.14. The van der Waals surface area contributed by atoms with Crippen molar-refractivity contribution in [3.63, 3.8) is 0 Å². The number of benzene rings is 1. The number of esters is 1. The Morgan fingerprint density at radius 2 is 1.81 bits per heavy atom. The van der Waals surface area contributed by atoms with E-state index in [0.717, 1.165) is 16.0 Å². The van der Waals surface area contributed by atoms with Crippen LogP contribution in [0.2, 0.25) is 0 Å². The van der Waals surface area contributed by atoms with Gasteiger partial charge in [0.15, 0.2) is 0 Å². The van der Waals surface area contributed by atoms with Gasteiger partial charge in [-0.2, -0.15) is 0 Å². The number of hydrogen-bond donors (Lipinski definition) is 1. The van der Waals surface area contributed by atoms with Gasteiger partial charge in [0, 0.05) is 23.4 Å². The third-order valence-electron chi connectivity index (χ3n) is 4.25. The van der Waals surface area contributed by atoms with Gasteiger partial charge in [0.1, 0.15) is 0 Å². The van der Waals surface area contributed by atoms with E-state index in [-0.39, 0.29) is 24.5 Å². The summed E-state index contributed by atoms with van der Waals surface area (Å²) in [6.07, 6.45) is 1.94. The van der Waals surface area contributed by atoms with Crippen LogP contribution in [-0.2, 0) is 22.5 Å². The molecule has 0 aliphatic rings. The predicted molar refractivity (Wildman–Crippen MR) is 107 cm³/mol. The van der Waals surface area contributed by atoms with Crippen molar-refractivity contribution < 1.29 is 9.53 Å². The van der Waals surface area contributed by atoms with Gasteiger partial charge in [-0.15, -0.1) is 0 Å². The largest absolute Gasteiger partial charge is 0.469 e. The number of unbranched alkanes of at least 4 members (excludes halogenated alkanes) is 1. The Labute approximate surface area is 163 Å². The first-order chi connectivity index (χ1) is 12.8. The van der Waals surface area contributed by atoms with E-state index >= 15 is 0 Å². The van der Waals surface area contributed by atoms with Gasteiger partial charge < -0.3 is 9.72 Å². The van der Waals surface area contributed by atoms with Crippen molar-refractivity contribution in [3.05, 3.63) is 55.7 Å². The molecule has 0 atom stereocenters. The molecule has 0 bridgehead atoms. The first-order valence-electron chi connectivity index (χ1n) is 9.04. The summed E-state index contributed by atoms with van der Waals surface area (Å²) in [7, 11) is 1.34. The minimum absolute atomic E-state index is 0.258. The molecule has 0 spiro atoms. The number of aromatic amines is 1. The summed E-state index contributed by atoms with van der Waals surface area (Å²) >= 11 is 1.41. The molecule has 0 aliphatic carbocycles. The maximum Gasteiger partial charge on any atom is 0.329 e. The highest BCUT2D eigenvalue weighted by molar-refractivity contribution is 7.99. The van der Waals surface area contributed by atoms with E-state index in [1.807, 2.05) is 32.9 Å². The Morgan fingerprint density at radius 1 is 1.15 bits per heavy atom. The lowest BCUT2D eigenvalue weighted by atomic mass is 10.2.